The Morgan fingerprint density at radius 1 is 1.10 bits per heavy atom. The fourth-order valence-electron chi connectivity index (χ4n) is 4.72. The van der Waals surface area contributed by atoms with Crippen molar-refractivity contribution in [2.45, 2.75) is 84.4 Å². The molecule has 0 unspecified atom stereocenters. The minimum atomic E-state index is -0.603. The topological polar surface area (TPSA) is 59.1 Å². The average Bonchev–Trinajstić information content (AvgIpc) is 2.74. The van der Waals surface area contributed by atoms with Crippen molar-refractivity contribution in [3.63, 3.8) is 0 Å². The molecule has 0 aromatic heterocycles. The highest BCUT2D eigenvalue weighted by molar-refractivity contribution is 5.96. The predicted molar refractivity (Wildman–Crippen MR) is 121 cm³/mol. The number of methoxy groups -OCH3 is 1. The number of rotatable bonds is 8. The van der Waals surface area contributed by atoms with E-state index in [1.807, 2.05) is 36.9 Å². The van der Waals surface area contributed by atoms with Gasteiger partial charge < -0.3 is 19.3 Å². The Hall–Kier alpha value is -2.24. The third-order valence-corrected chi connectivity index (χ3v) is 6.50. The summed E-state index contributed by atoms with van der Waals surface area (Å²) in [6.45, 7) is 9.08. The normalized spacial score (nSPS) is 24.6. The lowest BCUT2D eigenvalue weighted by Crippen LogP contribution is -2.58. The number of piperazine rings is 1. The lowest BCUT2D eigenvalue weighted by molar-refractivity contribution is -0.159. The van der Waals surface area contributed by atoms with Crippen LogP contribution in [0.4, 0.5) is 0 Å². The third kappa shape index (κ3) is 5.34. The molecule has 31 heavy (non-hydrogen) atoms. The van der Waals surface area contributed by atoms with Crippen molar-refractivity contribution in [3.05, 3.63) is 23.8 Å². The van der Waals surface area contributed by atoms with E-state index in [0.717, 1.165) is 44.1 Å². The molecule has 1 atom stereocenters. The summed E-state index contributed by atoms with van der Waals surface area (Å²) in [6, 6.07) is 5.18. The second-order valence-electron chi connectivity index (χ2n) is 9.30. The van der Waals surface area contributed by atoms with Gasteiger partial charge in [0.1, 0.15) is 12.6 Å². The van der Waals surface area contributed by atoms with Crippen molar-refractivity contribution in [2.75, 3.05) is 20.2 Å². The van der Waals surface area contributed by atoms with Gasteiger partial charge in [-0.25, -0.2) is 0 Å². The van der Waals surface area contributed by atoms with Crippen LogP contribution in [0.5, 0.6) is 11.5 Å². The van der Waals surface area contributed by atoms with Gasteiger partial charge in [0.25, 0.3) is 5.91 Å². The smallest absolute Gasteiger partial charge is 0.250 e. The summed E-state index contributed by atoms with van der Waals surface area (Å²) in [5.74, 6) is 2.01. The molecule has 1 saturated heterocycles. The molecule has 0 bridgehead atoms. The van der Waals surface area contributed by atoms with E-state index in [4.69, 9.17) is 9.47 Å². The molecule has 3 rings (SSSR count). The molecule has 1 aromatic rings. The van der Waals surface area contributed by atoms with E-state index in [1.54, 1.807) is 12.0 Å². The number of hydrogen-bond acceptors (Lipinski definition) is 4. The van der Waals surface area contributed by atoms with Crippen LogP contribution in [0.15, 0.2) is 18.2 Å². The zero-order valence-corrected chi connectivity index (χ0v) is 19.7. The first-order valence-electron chi connectivity index (χ1n) is 11.8. The molecular formula is C25H38N2O4. The summed E-state index contributed by atoms with van der Waals surface area (Å²) in [6.07, 6.45) is 6.05. The molecular weight excluding hydrogens is 392 g/mol. The Balaban J connectivity index is 1.93. The fourth-order valence-corrected chi connectivity index (χ4v) is 4.72. The molecule has 6 heteroatoms. The number of nitrogens with zero attached hydrogens (tertiary/aromatic N) is 2. The number of hydrogen-bond donors (Lipinski definition) is 0. The third-order valence-electron chi connectivity index (χ3n) is 6.50. The Kier molecular flexibility index (Phi) is 7.84. The fraction of sp³-hybridized carbons (Fsp3) is 0.680. The maximum Gasteiger partial charge on any atom is 0.250 e. The molecule has 6 nitrogen and oxygen atoms in total. The molecule has 2 aliphatic rings. The predicted octanol–water partition coefficient (Wildman–Crippen LogP) is 4.57. The molecule has 1 aliphatic heterocycles. The van der Waals surface area contributed by atoms with Crippen molar-refractivity contribution in [2.24, 2.45) is 5.92 Å². The summed E-state index contributed by atoms with van der Waals surface area (Å²) < 4.78 is 11.4. The number of carbonyl (C=O) groups is 2. The first-order valence-corrected chi connectivity index (χ1v) is 11.8. The monoisotopic (exact) mass is 430 g/mol. The molecule has 0 spiro atoms. The van der Waals surface area contributed by atoms with E-state index in [9.17, 15) is 9.59 Å². The van der Waals surface area contributed by atoms with Gasteiger partial charge in [-0.2, -0.15) is 0 Å². The number of amides is 2. The van der Waals surface area contributed by atoms with Crippen molar-refractivity contribution >= 4 is 11.8 Å². The standard InChI is InChI=1S/C25H38N2O4/c1-6-7-14-26-23(28)16-27(20-11-8-18(4)9-12-20)25(29)24(26)19-10-13-21(31-17(2)3)22(15-19)30-5/h10,13,15,17-18,20,24H,6-9,11-12,14,16H2,1-5H3/t18?,20?,24-/m1/s1. The number of carbonyl (C=O) groups excluding carboxylic acids is 2. The summed E-state index contributed by atoms with van der Waals surface area (Å²) in [4.78, 5) is 30.6. The van der Waals surface area contributed by atoms with Crippen molar-refractivity contribution in [3.8, 4) is 11.5 Å². The Labute approximate surface area is 186 Å². The lowest BCUT2D eigenvalue weighted by Gasteiger charge is -2.45. The second-order valence-corrected chi connectivity index (χ2v) is 9.30. The molecule has 2 amide bonds. The summed E-state index contributed by atoms with van der Waals surface area (Å²) in [5.41, 5.74) is 0.788. The van der Waals surface area contributed by atoms with Crippen LogP contribution in [0.25, 0.3) is 0 Å². The van der Waals surface area contributed by atoms with E-state index in [0.29, 0.717) is 24.0 Å². The zero-order valence-electron chi connectivity index (χ0n) is 19.7. The highest BCUT2D eigenvalue weighted by Gasteiger charge is 2.43. The van der Waals surface area contributed by atoms with Gasteiger partial charge in [0.15, 0.2) is 11.5 Å². The van der Waals surface area contributed by atoms with Crippen molar-refractivity contribution in [1.29, 1.82) is 0 Å². The maximum atomic E-state index is 13.7. The largest absolute Gasteiger partial charge is 0.493 e. The van der Waals surface area contributed by atoms with Gasteiger partial charge in [0.2, 0.25) is 5.91 Å². The minimum absolute atomic E-state index is 0.0166. The first-order chi connectivity index (χ1) is 14.8. The highest BCUT2D eigenvalue weighted by atomic mass is 16.5. The van der Waals surface area contributed by atoms with Crippen LogP contribution < -0.4 is 9.47 Å². The van der Waals surface area contributed by atoms with Gasteiger partial charge in [-0.15, -0.1) is 0 Å². The van der Waals surface area contributed by atoms with Crippen LogP contribution in [0.3, 0.4) is 0 Å². The number of unbranched alkanes of at least 4 members (excludes halogenated alkanes) is 1. The molecule has 2 fully saturated rings. The number of benzene rings is 1. The minimum Gasteiger partial charge on any atom is -0.493 e. The van der Waals surface area contributed by atoms with Crippen LogP contribution in [0.1, 0.15) is 77.8 Å². The summed E-state index contributed by atoms with van der Waals surface area (Å²) >= 11 is 0. The van der Waals surface area contributed by atoms with Crippen LogP contribution in [0, 0.1) is 5.92 Å². The zero-order chi connectivity index (χ0) is 22.5. The van der Waals surface area contributed by atoms with Crippen LogP contribution in [-0.2, 0) is 9.59 Å². The van der Waals surface area contributed by atoms with Crippen LogP contribution in [-0.4, -0.2) is 54.0 Å². The number of ether oxygens (including phenoxy) is 2. The maximum absolute atomic E-state index is 13.7. The molecule has 0 radical (unpaired) electrons. The summed E-state index contributed by atoms with van der Waals surface area (Å²) in [5, 5.41) is 0. The molecule has 1 heterocycles. The van der Waals surface area contributed by atoms with E-state index < -0.39 is 6.04 Å². The van der Waals surface area contributed by atoms with Gasteiger partial charge in [-0.1, -0.05) is 26.3 Å². The SMILES string of the molecule is CCCCN1C(=O)CN(C2CCC(C)CC2)C(=O)[C@H]1c1ccc(OC(C)C)c(OC)c1. The van der Waals surface area contributed by atoms with Gasteiger partial charge in [-0.3, -0.25) is 9.59 Å². The molecule has 0 N–H and O–H groups in total. The van der Waals surface area contributed by atoms with E-state index in [1.165, 1.54) is 0 Å². The molecule has 1 aliphatic carbocycles. The van der Waals surface area contributed by atoms with Crippen molar-refractivity contribution < 1.29 is 19.1 Å². The van der Waals surface area contributed by atoms with Crippen molar-refractivity contribution in [1.82, 2.24) is 9.80 Å². The lowest BCUT2D eigenvalue weighted by atomic mass is 9.85. The molecule has 1 saturated carbocycles. The van der Waals surface area contributed by atoms with Crippen LogP contribution in [0.2, 0.25) is 0 Å². The Bertz CT molecular complexity index is 771. The Morgan fingerprint density at radius 2 is 1.81 bits per heavy atom. The average molecular weight is 431 g/mol. The first kappa shape index (κ1) is 23.4. The van der Waals surface area contributed by atoms with E-state index >= 15 is 0 Å². The summed E-state index contributed by atoms with van der Waals surface area (Å²) in [7, 11) is 1.60. The van der Waals surface area contributed by atoms with E-state index in [2.05, 4.69) is 13.8 Å². The molecule has 172 valence electrons. The van der Waals surface area contributed by atoms with Gasteiger partial charge in [0.05, 0.1) is 13.2 Å². The van der Waals surface area contributed by atoms with Crippen LogP contribution >= 0.6 is 0 Å². The Morgan fingerprint density at radius 3 is 2.42 bits per heavy atom. The molecule has 1 aromatic carbocycles. The van der Waals surface area contributed by atoms with E-state index in [-0.39, 0.29) is 30.5 Å². The van der Waals surface area contributed by atoms with Gasteiger partial charge in [0, 0.05) is 12.6 Å². The van der Waals surface area contributed by atoms with Gasteiger partial charge in [-0.05, 0) is 69.6 Å². The highest BCUT2D eigenvalue weighted by Crippen LogP contribution is 2.37. The van der Waals surface area contributed by atoms with Gasteiger partial charge >= 0.3 is 0 Å². The second kappa shape index (κ2) is 10.4. The quantitative estimate of drug-likeness (QED) is 0.606.